The fourth-order valence-electron chi connectivity index (χ4n) is 4.19. The minimum absolute atomic E-state index is 0.0666. The van der Waals surface area contributed by atoms with Gasteiger partial charge in [-0.3, -0.25) is 0 Å². The number of likely N-dealkylation sites (tertiary alicyclic amines) is 1. The smallest absolute Gasteiger partial charge is 0.0580 e. The fraction of sp³-hybridized carbons (Fsp3) is 1.00. The molecule has 0 spiro atoms. The van der Waals surface area contributed by atoms with Crippen molar-refractivity contribution in [3.63, 3.8) is 0 Å². The number of hydrogen-bond acceptors (Lipinski definition) is 2. The molecule has 0 aromatic rings. The van der Waals surface area contributed by atoms with E-state index in [1.54, 1.807) is 0 Å². The van der Waals surface area contributed by atoms with Crippen LogP contribution in [0.3, 0.4) is 0 Å². The van der Waals surface area contributed by atoms with Crippen LogP contribution in [0.4, 0.5) is 0 Å². The van der Waals surface area contributed by atoms with Gasteiger partial charge >= 0.3 is 0 Å². The van der Waals surface area contributed by atoms with Crippen LogP contribution < -0.4 is 0 Å². The molecule has 0 bridgehead atoms. The zero-order chi connectivity index (χ0) is 15.7. The third kappa shape index (κ3) is 4.45. The van der Waals surface area contributed by atoms with E-state index in [-0.39, 0.29) is 6.10 Å². The lowest BCUT2D eigenvalue weighted by Gasteiger charge is -2.44. The van der Waals surface area contributed by atoms with Crippen molar-refractivity contribution in [3.8, 4) is 0 Å². The first-order valence-electron chi connectivity index (χ1n) is 9.14. The summed E-state index contributed by atoms with van der Waals surface area (Å²) in [5.74, 6) is 1.27. The molecule has 2 nitrogen and oxygen atoms in total. The molecule has 3 atom stereocenters. The van der Waals surface area contributed by atoms with Crippen LogP contribution in [0.25, 0.3) is 0 Å². The molecule has 1 heterocycles. The number of piperidine rings is 1. The van der Waals surface area contributed by atoms with Crippen molar-refractivity contribution >= 4 is 0 Å². The van der Waals surface area contributed by atoms with Crippen LogP contribution in [-0.4, -0.2) is 35.7 Å². The molecule has 1 saturated heterocycles. The van der Waals surface area contributed by atoms with E-state index < -0.39 is 0 Å². The second-order valence-corrected chi connectivity index (χ2v) is 9.17. The Balaban J connectivity index is 1.87. The highest BCUT2D eigenvalue weighted by Crippen LogP contribution is 2.41. The van der Waals surface area contributed by atoms with E-state index in [1.807, 2.05) is 0 Å². The maximum Gasteiger partial charge on any atom is 0.0580 e. The van der Waals surface area contributed by atoms with Gasteiger partial charge in [-0.1, -0.05) is 41.0 Å². The Bertz CT molecular complexity index is 325. The predicted octanol–water partition coefficient (Wildman–Crippen LogP) is 4.32. The van der Waals surface area contributed by atoms with Crippen LogP contribution in [0.15, 0.2) is 0 Å². The molecule has 1 N–H and O–H groups in total. The van der Waals surface area contributed by atoms with Crippen LogP contribution in [0.1, 0.15) is 73.1 Å². The van der Waals surface area contributed by atoms with E-state index in [4.69, 9.17) is 0 Å². The third-order valence-corrected chi connectivity index (χ3v) is 6.58. The minimum Gasteiger partial charge on any atom is -0.393 e. The van der Waals surface area contributed by atoms with Crippen molar-refractivity contribution in [1.29, 1.82) is 0 Å². The molecule has 0 aromatic carbocycles. The Hall–Kier alpha value is -0.0800. The average molecular weight is 296 g/mol. The molecule has 124 valence electrons. The zero-order valence-corrected chi connectivity index (χ0v) is 15.0. The van der Waals surface area contributed by atoms with E-state index in [2.05, 4.69) is 39.5 Å². The molecule has 1 aliphatic heterocycles. The summed E-state index contributed by atoms with van der Waals surface area (Å²) in [7, 11) is 0. The maximum atomic E-state index is 10.4. The second-order valence-electron chi connectivity index (χ2n) is 9.17. The molecule has 1 saturated carbocycles. The van der Waals surface area contributed by atoms with Gasteiger partial charge in [0.2, 0.25) is 0 Å². The summed E-state index contributed by atoms with van der Waals surface area (Å²) in [6.07, 6.45) is 7.32. The first-order chi connectivity index (χ1) is 9.73. The normalized spacial score (nSPS) is 34.9. The molecular formula is C19H37NO. The van der Waals surface area contributed by atoms with Crippen molar-refractivity contribution < 1.29 is 5.11 Å². The number of hydrogen-bond donors (Lipinski definition) is 1. The van der Waals surface area contributed by atoms with Gasteiger partial charge in [0, 0.05) is 6.54 Å². The molecular weight excluding hydrogens is 258 g/mol. The topological polar surface area (TPSA) is 23.5 Å². The standard InChI is InChI=1S/C19H37NO/c1-6-19(5)9-11-20(12-10-19)14-15-13-16(18(2,3)4)7-8-17(15)21/h15-17,21H,6-14H2,1-5H3. The van der Waals surface area contributed by atoms with Crippen LogP contribution in [-0.2, 0) is 0 Å². The predicted molar refractivity (Wildman–Crippen MR) is 90.4 cm³/mol. The lowest BCUT2D eigenvalue weighted by Crippen LogP contribution is -2.45. The van der Waals surface area contributed by atoms with Crippen molar-refractivity contribution in [2.45, 2.75) is 79.2 Å². The van der Waals surface area contributed by atoms with E-state index in [0.717, 1.165) is 18.9 Å². The van der Waals surface area contributed by atoms with Gasteiger partial charge in [-0.05, 0) is 67.9 Å². The largest absolute Gasteiger partial charge is 0.393 e. The Morgan fingerprint density at radius 2 is 1.76 bits per heavy atom. The molecule has 0 amide bonds. The van der Waals surface area contributed by atoms with E-state index in [1.165, 1.54) is 45.2 Å². The summed E-state index contributed by atoms with van der Waals surface area (Å²) < 4.78 is 0. The lowest BCUT2D eigenvalue weighted by atomic mass is 9.68. The summed E-state index contributed by atoms with van der Waals surface area (Å²) >= 11 is 0. The Morgan fingerprint density at radius 3 is 2.29 bits per heavy atom. The highest BCUT2D eigenvalue weighted by molar-refractivity contribution is 4.89. The highest BCUT2D eigenvalue weighted by Gasteiger charge is 2.37. The lowest BCUT2D eigenvalue weighted by molar-refractivity contribution is -0.00615. The first-order valence-corrected chi connectivity index (χ1v) is 9.14. The Morgan fingerprint density at radius 1 is 1.14 bits per heavy atom. The van der Waals surface area contributed by atoms with Gasteiger partial charge in [0.05, 0.1) is 6.10 Å². The summed E-state index contributed by atoms with van der Waals surface area (Å²) in [6, 6.07) is 0. The van der Waals surface area contributed by atoms with Crippen molar-refractivity contribution in [2.24, 2.45) is 22.7 Å². The molecule has 1 aliphatic carbocycles. The highest BCUT2D eigenvalue weighted by atomic mass is 16.3. The number of rotatable bonds is 3. The molecule has 0 aromatic heterocycles. The van der Waals surface area contributed by atoms with Gasteiger partial charge in [-0.2, -0.15) is 0 Å². The summed E-state index contributed by atoms with van der Waals surface area (Å²) in [4.78, 5) is 2.62. The average Bonchev–Trinajstić information content (AvgIpc) is 2.42. The maximum absolute atomic E-state index is 10.4. The third-order valence-electron chi connectivity index (χ3n) is 6.58. The van der Waals surface area contributed by atoms with Crippen molar-refractivity contribution in [3.05, 3.63) is 0 Å². The quantitative estimate of drug-likeness (QED) is 0.838. The molecule has 3 unspecified atom stereocenters. The van der Waals surface area contributed by atoms with Crippen LogP contribution >= 0.6 is 0 Å². The van der Waals surface area contributed by atoms with Crippen molar-refractivity contribution in [1.82, 2.24) is 4.90 Å². The molecule has 2 aliphatic rings. The Labute approximate surface area is 132 Å². The first kappa shape index (κ1) is 17.3. The van der Waals surface area contributed by atoms with Gasteiger partial charge in [-0.25, -0.2) is 0 Å². The number of aliphatic hydroxyl groups is 1. The van der Waals surface area contributed by atoms with E-state index in [0.29, 0.717) is 16.7 Å². The van der Waals surface area contributed by atoms with Crippen LogP contribution in [0.5, 0.6) is 0 Å². The van der Waals surface area contributed by atoms with Gasteiger partial charge < -0.3 is 10.0 Å². The van der Waals surface area contributed by atoms with E-state index in [9.17, 15) is 5.11 Å². The minimum atomic E-state index is -0.0666. The summed E-state index contributed by atoms with van der Waals surface area (Å²) in [6.45, 7) is 15.4. The van der Waals surface area contributed by atoms with E-state index >= 15 is 0 Å². The molecule has 21 heavy (non-hydrogen) atoms. The Kier molecular flexibility index (Phi) is 5.41. The number of aliphatic hydroxyl groups excluding tert-OH is 1. The number of nitrogens with zero attached hydrogens (tertiary/aromatic N) is 1. The summed E-state index contributed by atoms with van der Waals surface area (Å²) in [5.41, 5.74) is 0.955. The second kappa shape index (κ2) is 6.58. The van der Waals surface area contributed by atoms with Crippen LogP contribution in [0, 0.1) is 22.7 Å². The molecule has 0 radical (unpaired) electrons. The summed E-state index contributed by atoms with van der Waals surface area (Å²) in [5, 5.41) is 10.4. The molecule has 2 fully saturated rings. The van der Waals surface area contributed by atoms with Crippen LogP contribution in [0.2, 0.25) is 0 Å². The van der Waals surface area contributed by atoms with Crippen molar-refractivity contribution in [2.75, 3.05) is 19.6 Å². The van der Waals surface area contributed by atoms with Gasteiger partial charge in [0.15, 0.2) is 0 Å². The zero-order valence-electron chi connectivity index (χ0n) is 15.0. The SMILES string of the molecule is CCC1(C)CCN(CC2CC(C(C)(C)C)CCC2O)CC1. The molecule has 2 rings (SSSR count). The van der Waals surface area contributed by atoms with Gasteiger partial charge in [0.1, 0.15) is 0 Å². The monoisotopic (exact) mass is 295 g/mol. The molecule has 2 heteroatoms. The van der Waals surface area contributed by atoms with Gasteiger partial charge in [-0.15, -0.1) is 0 Å². The fourth-order valence-corrected chi connectivity index (χ4v) is 4.19. The van der Waals surface area contributed by atoms with Gasteiger partial charge in [0.25, 0.3) is 0 Å².